The van der Waals surface area contributed by atoms with Gasteiger partial charge in [-0.3, -0.25) is 24.0 Å². The van der Waals surface area contributed by atoms with Crippen LogP contribution in [0.2, 0.25) is 0 Å². The Hall–Kier alpha value is -4.77. The van der Waals surface area contributed by atoms with E-state index in [1.54, 1.807) is 26.0 Å². The molecule has 1 aromatic heterocycles. The minimum atomic E-state index is -1.33. The molecule has 0 bridgehead atoms. The Balaban J connectivity index is 1.71. The summed E-state index contributed by atoms with van der Waals surface area (Å²) in [4.78, 5) is 70.4. The third-order valence-corrected chi connectivity index (χ3v) is 8.31. The molecule has 1 unspecified atom stereocenters. The van der Waals surface area contributed by atoms with Gasteiger partial charge in [0.25, 0.3) is 17.7 Å². The van der Waals surface area contributed by atoms with Gasteiger partial charge >= 0.3 is 0 Å². The van der Waals surface area contributed by atoms with Gasteiger partial charge in [-0.15, -0.1) is 5.10 Å². The van der Waals surface area contributed by atoms with Crippen molar-refractivity contribution in [2.75, 3.05) is 6.54 Å². The number of nitrogens with one attached hydrogen (secondary N) is 1. The number of benzene rings is 1. The van der Waals surface area contributed by atoms with Gasteiger partial charge in [0.15, 0.2) is 0 Å². The number of nitriles is 1. The van der Waals surface area contributed by atoms with E-state index in [0.29, 0.717) is 5.69 Å². The van der Waals surface area contributed by atoms with Crippen LogP contribution in [0.5, 0.6) is 0 Å². The summed E-state index contributed by atoms with van der Waals surface area (Å²) in [7, 11) is 0. The number of ketones is 1. The van der Waals surface area contributed by atoms with Crippen LogP contribution in [0.3, 0.4) is 0 Å². The van der Waals surface area contributed by atoms with Crippen molar-refractivity contribution in [2.45, 2.75) is 89.4 Å². The van der Waals surface area contributed by atoms with Gasteiger partial charge in [-0.05, 0) is 51.3 Å². The molecule has 1 aromatic carbocycles. The first-order chi connectivity index (χ1) is 21.3. The number of amides is 4. The molecule has 1 aliphatic heterocycles. The fraction of sp³-hybridized carbons (Fsp3) is 0.516. The molecule has 1 aliphatic carbocycles. The number of Topliss-reactive ketones (excluding diaryl/α,β-unsaturated/α-hetero) is 1. The van der Waals surface area contributed by atoms with E-state index in [-0.39, 0.29) is 42.1 Å². The van der Waals surface area contributed by atoms with E-state index in [4.69, 9.17) is 5.73 Å². The van der Waals surface area contributed by atoms with Crippen molar-refractivity contribution in [2.24, 2.45) is 16.6 Å². The average Bonchev–Trinajstić information content (AvgIpc) is 3.68. The third kappa shape index (κ3) is 7.85. The van der Waals surface area contributed by atoms with Crippen molar-refractivity contribution < 1.29 is 29.1 Å². The predicted octanol–water partition coefficient (Wildman–Crippen LogP) is 1.33. The molecular formula is C31H38N8O6. The number of aromatic nitrogens is 3. The van der Waals surface area contributed by atoms with Gasteiger partial charge in [0, 0.05) is 18.5 Å². The number of primary amides is 1. The zero-order valence-electron chi connectivity index (χ0n) is 25.6. The summed E-state index contributed by atoms with van der Waals surface area (Å²) < 4.78 is 1.46. The van der Waals surface area contributed by atoms with Crippen LogP contribution in [-0.2, 0) is 24.8 Å². The highest BCUT2D eigenvalue weighted by Crippen LogP contribution is 2.33. The Labute approximate surface area is 260 Å². The van der Waals surface area contributed by atoms with Crippen LogP contribution in [0.25, 0.3) is 0 Å². The number of carbonyl (C=O) groups is 5. The minimum Gasteiger partial charge on any atom is -0.384 e. The highest BCUT2D eigenvalue weighted by atomic mass is 16.3. The lowest BCUT2D eigenvalue weighted by atomic mass is 9.85. The van der Waals surface area contributed by atoms with Crippen molar-refractivity contribution >= 4 is 35.1 Å². The van der Waals surface area contributed by atoms with Crippen molar-refractivity contribution in [1.29, 1.82) is 5.26 Å². The number of hydrogen-bond donors (Lipinski definition) is 3. The number of nitrogens with two attached hydrogens (primary N) is 1. The maximum atomic E-state index is 14.3. The Morgan fingerprint density at radius 1 is 1.20 bits per heavy atom. The molecule has 4 amide bonds. The van der Waals surface area contributed by atoms with Gasteiger partial charge in [0.2, 0.25) is 11.7 Å². The highest BCUT2D eigenvalue weighted by molar-refractivity contribution is 6.41. The lowest BCUT2D eigenvalue weighted by molar-refractivity contribution is -0.139. The second-order valence-corrected chi connectivity index (χ2v) is 12.2. The fourth-order valence-corrected chi connectivity index (χ4v) is 5.92. The summed E-state index contributed by atoms with van der Waals surface area (Å²) in [5.41, 5.74) is 4.54. The van der Waals surface area contributed by atoms with Crippen LogP contribution < -0.4 is 11.1 Å². The van der Waals surface area contributed by atoms with Gasteiger partial charge < -0.3 is 21.1 Å². The Morgan fingerprint density at radius 3 is 2.56 bits per heavy atom. The summed E-state index contributed by atoms with van der Waals surface area (Å²) in [5, 5.41) is 30.5. The molecule has 45 heavy (non-hydrogen) atoms. The molecule has 238 valence electrons. The van der Waals surface area contributed by atoms with Crippen LogP contribution in [0.1, 0.15) is 93.4 Å². The highest BCUT2D eigenvalue weighted by Gasteiger charge is 2.44. The van der Waals surface area contributed by atoms with E-state index in [2.05, 4.69) is 20.6 Å². The van der Waals surface area contributed by atoms with E-state index >= 15 is 0 Å². The van der Waals surface area contributed by atoms with Crippen LogP contribution in [0.4, 0.5) is 0 Å². The summed E-state index contributed by atoms with van der Waals surface area (Å²) >= 11 is 0. The molecule has 2 heterocycles. The van der Waals surface area contributed by atoms with E-state index in [0.717, 1.165) is 32.1 Å². The number of rotatable bonds is 10. The first kappa shape index (κ1) is 33.1. The van der Waals surface area contributed by atoms with Gasteiger partial charge in [0.05, 0.1) is 35.6 Å². The first-order valence-electron chi connectivity index (χ1n) is 15.0. The van der Waals surface area contributed by atoms with E-state index in [1.807, 2.05) is 6.07 Å². The van der Waals surface area contributed by atoms with Gasteiger partial charge in [-0.25, -0.2) is 9.67 Å². The molecule has 0 spiro atoms. The van der Waals surface area contributed by atoms with Gasteiger partial charge in [-0.1, -0.05) is 43.4 Å². The molecule has 4 rings (SSSR count). The number of nitrogens with zero attached hydrogens (tertiary/aromatic N) is 6. The predicted molar refractivity (Wildman–Crippen MR) is 160 cm³/mol. The largest absolute Gasteiger partial charge is 0.384 e. The summed E-state index contributed by atoms with van der Waals surface area (Å²) in [6, 6.07) is 5.02. The van der Waals surface area contributed by atoms with Gasteiger partial charge in [-0.2, -0.15) is 5.26 Å². The van der Waals surface area contributed by atoms with Gasteiger partial charge in [0.1, 0.15) is 17.4 Å². The molecule has 14 nitrogen and oxygen atoms in total. The smallest absolute Gasteiger partial charge is 0.287 e. The molecule has 2 aromatic rings. The molecule has 14 heteroatoms. The van der Waals surface area contributed by atoms with Crippen molar-refractivity contribution in [1.82, 2.24) is 25.2 Å². The average molecular weight is 619 g/mol. The lowest BCUT2D eigenvalue weighted by Gasteiger charge is -2.27. The molecule has 2 aliphatic rings. The zero-order chi connectivity index (χ0) is 32.9. The molecule has 1 saturated heterocycles. The Morgan fingerprint density at radius 2 is 1.91 bits per heavy atom. The summed E-state index contributed by atoms with van der Waals surface area (Å²) in [6.07, 6.45) is 6.42. The SMILES string of the molecule is CC(NC(=O)[C@@H]1C[C@H](n2nncc2C(C)(C)O)CN1C(=O)C(CC1CCCCC1)=NC(=O)c1cccc(C#N)c1)C(=O)C(N)=O. The normalized spacial score (nSPS) is 19.9. The number of likely N-dealkylation sites (tertiary alicyclic amines) is 1. The van der Waals surface area contributed by atoms with Crippen molar-refractivity contribution in [3.8, 4) is 6.07 Å². The van der Waals surface area contributed by atoms with E-state index in [9.17, 15) is 34.3 Å². The first-order valence-corrected chi connectivity index (χ1v) is 15.0. The Bertz CT molecular complexity index is 1550. The molecule has 3 atom stereocenters. The minimum absolute atomic E-state index is 0.0183. The molecule has 0 radical (unpaired) electrons. The topological polar surface area (TPSA) is 214 Å². The Kier molecular flexibility index (Phi) is 10.2. The zero-order valence-corrected chi connectivity index (χ0v) is 25.6. The molecule has 4 N–H and O–H groups in total. The number of carbonyl (C=O) groups excluding carboxylic acids is 5. The number of aliphatic imine (C=N–C) groups is 1. The second kappa shape index (κ2) is 13.9. The lowest BCUT2D eigenvalue weighted by Crippen LogP contribution is -2.52. The quantitative estimate of drug-likeness (QED) is 0.258. The summed E-state index contributed by atoms with van der Waals surface area (Å²) in [5.74, 6) is -4.13. The van der Waals surface area contributed by atoms with Crippen LogP contribution in [0.15, 0.2) is 35.5 Å². The number of hydrogen-bond acceptors (Lipinski definition) is 9. The van der Waals surface area contributed by atoms with Crippen LogP contribution in [-0.4, -0.2) is 78.8 Å². The molecule has 1 saturated carbocycles. The van der Waals surface area contributed by atoms with E-state index in [1.165, 1.54) is 34.8 Å². The van der Waals surface area contributed by atoms with Crippen LogP contribution >= 0.6 is 0 Å². The number of aliphatic hydroxyl groups is 1. The van der Waals surface area contributed by atoms with Crippen molar-refractivity contribution in [3.05, 3.63) is 47.3 Å². The van der Waals surface area contributed by atoms with Crippen LogP contribution in [0, 0.1) is 17.2 Å². The summed E-state index contributed by atoms with van der Waals surface area (Å²) in [6.45, 7) is 4.40. The van der Waals surface area contributed by atoms with Crippen molar-refractivity contribution in [3.63, 3.8) is 0 Å². The third-order valence-electron chi connectivity index (χ3n) is 8.31. The molecular weight excluding hydrogens is 580 g/mol. The standard InChI is InChI=1S/C31H38N8O6/c1-18(26(40)27(33)41)35-29(43)24-14-22(39-25(16-34-37-39)31(2,3)45)17-38(24)30(44)23(13-19-8-5-4-6-9-19)36-28(42)21-11-7-10-20(12-21)15-32/h7,10-12,16,18-19,22,24,45H,4-6,8-9,13-14,17H2,1-3H3,(H2,33,41)(H,35,43)/t18?,22-,24-/m0/s1. The fourth-order valence-electron chi connectivity index (χ4n) is 5.92. The monoisotopic (exact) mass is 618 g/mol. The maximum Gasteiger partial charge on any atom is 0.287 e. The second-order valence-electron chi connectivity index (χ2n) is 12.2. The molecule has 2 fully saturated rings. The maximum absolute atomic E-state index is 14.3. The van der Waals surface area contributed by atoms with E-state index < -0.39 is 53.1 Å².